The van der Waals surface area contributed by atoms with Crippen LogP contribution in [0.1, 0.15) is 45.0 Å². The van der Waals surface area contributed by atoms with E-state index >= 15 is 0 Å². The van der Waals surface area contributed by atoms with Crippen molar-refractivity contribution in [3.63, 3.8) is 0 Å². The second kappa shape index (κ2) is 7.19. The number of nitrogens with zero attached hydrogens (tertiary/aromatic N) is 1. The van der Waals surface area contributed by atoms with Gasteiger partial charge in [-0.1, -0.05) is 54.1 Å². The standard InChI is InChI=1S/C21H22N2OS/c1-13-10-11-14(2)18(12-13)15(3)22-20(24)19-16(4)23-21(25-19)17-8-6-5-7-9-17/h5-12,15H,1-4H3,(H,22,24). The number of benzene rings is 2. The van der Waals surface area contributed by atoms with Crippen molar-refractivity contribution in [1.29, 1.82) is 0 Å². The highest BCUT2D eigenvalue weighted by Gasteiger charge is 2.19. The van der Waals surface area contributed by atoms with Crippen LogP contribution < -0.4 is 5.32 Å². The number of aromatic nitrogens is 1. The van der Waals surface area contributed by atoms with Gasteiger partial charge in [0.15, 0.2) is 0 Å². The van der Waals surface area contributed by atoms with Crippen molar-refractivity contribution >= 4 is 17.2 Å². The van der Waals surface area contributed by atoms with Gasteiger partial charge in [-0.05, 0) is 38.8 Å². The summed E-state index contributed by atoms with van der Waals surface area (Å²) in [5, 5.41) is 4.00. The fraction of sp³-hybridized carbons (Fsp3) is 0.238. The van der Waals surface area contributed by atoms with Crippen LogP contribution in [0.4, 0.5) is 0 Å². The molecule has 0 aliphatic carbocycles. The van der Waals surface area contributed by atoms with Crippen LogP contribution >= 0.6 is 11.3 Å². The molecule has 1 heterocycles. The smallest absolute Gasteiger partial charge is 0.263 e. The summed E-state index contributed by atoms with van der Waals surface area (Å²) in [6.07, 6.45) is 0. The molecule has 0 fully saturated rings. The quantitative estimate of drug-likeness (QED) is 0.700. The second-order valence-corrected chi connectivity index (χ2v) is 7.35. The molecule has 4 heteroatoms. The monoisotopic (exact) mass is 350 g/mol. The average Bonchev–Trinajstić information content (AvgIpc) is 2.99. The van der Waals surface area contributed by atoms with E-state index < -0.39 is 0 Å². The van der Waals surface area contributed by atoms with Crippen LogP contribution in [0.5, 0.6) is 0 Å². The third kappa shape index (κ3) is 3.80. The van der Waals surface area contributed by atoms with Crippen molar-refractivity contribution in [3.8, 4) is 10.6 Å². The Balaban J connectivity index is 1.82. The van der Waals surface area contributed by atoms with Crippen molar-refractivity contribution in [2.45, 2.75) is 33.7 Å². The van der Waals surface area contributed by atoms with Crippen LogP contribution in [-0.4, -0.2) is 10.9 Å². The Kier molecular flexibility index (Phi) is 5.00. The predicted molar refractivity (Wildman–Crippen MR) is 104 cm³/mol. The number of amides is 1. The number of carbonyl (C=O) groups is 1. The number of thiazole rings is 1. The van der Waals surface area contributed by atoms with Gasteiger partial charge in [-0.25, -0.2) is 4.98 Å². The summed E-state index contributed by atoms with van der Waals surface area (Å²) in [5.41, 5.74) is 5.34. The SMILES string of the molecule is Cc1ccc(C)c(C(C)NC(=O)c2sc(-c3ccccc3)nc2C)c1. The van der Waals surface area contributed by atoms with E-state index in [1.807, 2.05) is 44.2 Å². The predicted octanol–water partition coefficient (Wildman–Crippen LogP) is 5.23. The minimum atomic E-state index is -0.0643. The average molecular weight is 350 g/mol. The number of hydrogen-bond donors (Lipinski definition) is 1. The summed E-state index contributed by atoms with van der Waals surface area (Å²) in [6, 6.07) is 16.2. The van der Waals surface area contributed by atoms with Gasteiger partial charge in [0.2, 0.25) is 0 Å². The maximum Gasteiger partial charge on any atom is 0.263 e. The van der Waals surface area contributed by atoms with Crippen molar-refractivity contribution < 1.29 is 4.79 Å². The van der Waals surface area contributed by atoms with Gasteiger partial charge in [0.1, 0.15) is 9.88 Å². The molecule has 1 unspecified atom stereocenters. The van der Waals surface area contributed by atoms with Crippen molar-refractivity contribution in [2.24, 2.45) is 0 Å². The molecule has 1 N–H and O–H groups in total. The van der Waals surface area contributed by atoms with Crippen LogP contribution in [0.3, 0.4) is 0 Å². The van der Waals surface area contributed by atoms with E-state index in [4.69, 9.17) is 0 Å². The lowest BCUT2D eigenvalue weighted by atomic mass is 10.00. The minimum Gasteiger partial charge on any atom is -0.345 e. The summed E-state index contributed by atoms with van der Waals surface area (Å²) in [6.45, 7) is 8.05. The molecule has 1 amide bonds. The highest BCUT2D eigenvalue weighted by Crippen LogP contribution is 2.28. The first kappa shape index (κ1) is 17.4. The Morgan fingerprint density at radius 2 is 1.80 bits per heavy atom. The Morgan fingerprint density at radius 3 is 2.52 bits per heavy atom. The van der Waals surface area contributed by atoms with Gasteiger partial charge in [-0.3, -0.25) is 4.79 Å². The minimum absolute atomic E-state index is 0.0472. The number of rotatable bonds is 4. The molecule has 1 aromatic heterocycles. The molecule has 0 bridgehead atoms. The largest absolute Gasteiger partial charge is 0.345 e. The molecule has 0 radical (unpaired) electrons. The van der Waals surface area contributed by atoms with Gasteiger partial charge >= 0.3 is 0 Å². The van der Waals surface area contributed by atoms with Crippen LogP contribution in [0.15, 0.2) is 48.5 Å². The van der Waals surface area contributed by atoms with Crippen molar-refractivity contribution in [2.75, 3.05) is 0 Å². The van der Waals surface area contributed by atoms with E-state index in [0.717, 1.165) is 21.8 Å². The molecule has 0 saturated heterocycles. The third-order valence-electron chi connectivity index (χ3n) is 4.27. The van der Waals surface area contributed by atoms with E-state index in [-0.39, 0.29) is 11.9 Å². The second-order valence-electron chi connectivity index (χ2n) is 6.35. The molecule has 1 atom stereocenters. The lowest BCUT2D eigenvalue weighted by Crippen LogP contribution is -2.27. The highest BCUT2D eigenvalue weighted by atomic mass is 32.1. The van der Waals surface area contributed by atoms with Crippen molar-refractivity contribution in [1.82, 2.24) is 10.3 Å². The normalized spacial score (nSPS) is 12.0. The van der Waals surface area contributed by atoms with E-state index in [1.54, 1.807) is 0 Å². The van der Waals surface area contributed by atoms with Gasteiger partial charge in [0.05, 0.1) is 11.7 Å². The first-order valence-corrected chi connectivity index (χ1v) is 9.18. The first-order chi connectivity index (χ1) is 12.0. The molecule has 3 rings (SSSR count). The molecule has 0 saturated carbocycles. The van der Waals surface area contributed by atoms with Gasteiger partial charge in [-0.2, -0.15) is 0 Å². The topological polar surface area (TPSA) is 42.0 Å². The fourth-order valence-corrected chi connectivity index (χ4v) is 3.85. The summed E-state index contributed by atoms with van der Waals surface area (Å²) in [7, 11) is 0. The highest BCUT2D eigenvalue weighted by molar-refractivity contribution is 7.17. The lowest BCUT2D eigenvalue weighted by molar-refractivity contribution is 0.0943. The zero-order chi connectivity index (χ0) is 18.0. The van der Waals surface area contributed by atoms with E-state index in [0.29, 0.717) is 4.88 Å². The van der Waals surface area contributed by atoms with Crippen LogP contribution in [0.25, 0.3) is 10.6 Å². The molecule has 2 aromatic carbocycles. The van der Waals surface area contributed by atoms with E-state index in [1.165, 1.54) is 22.5 Å². The summed E-state index contributed by atoms with van der Waals surface area (Å²) in [4.78, 5) is 18.0. The molecule has 0 aliphatic rings. The summed E-state index contributed by atoms with van der Waals surface area (Å²) in [5.74, 6) is -0.0643. The molecule has 0 spiro atoms. The maximum atomic E-state index is 12.7. The van der Waals surface area contributed by atoms with Gasteiger partial charge in [0, 0.05) is 5.56 Å². The van der Waals surface area contributed by atoms with Crippen LogP contribution in [-0.2, 0) is 0 Å². The summed E-state index contributed by atoms with van der Waals surface area (Å²) >= 11 is 1.44. The lowest BCUT2D eigenvalue weighted by Gasteiger charge is -2.17. The zero-order valence-electron chi connectivity index (χ0n) is 15.0. The Labute approximate surface area is 152 Å². The van der Waals surface area contributed by atoms with Crippen LogP contribution in [0, 0.1) is 20.8 Å². The van der Waals surface area contributed by atoms with E-state index in [9.17, 15) is 4.79 Å². The molecule has 3 nitrogen and oxygen atoms in total. The Morgan fingerprint density at radius 1 is 1.08 bits per heavy atom. The van der Waals surface area contributed by atoms with Gasteiger partial charge < -0.3 is 5.32 Å². The number of hydrogen-bond acceptors (Lipinski definition) is 3. The Bertz CT molecular complexity index is 900. The van der Waals surface area contributed by atoms with Gasteiger partial charge in [0.25, 0.3) is 5.91 Å². The van der Waals surface area contributed by atoms with Crippen molar-refractivity contribution in [3.05, 3.63) is 75.8 Å². The van der Waals surface area contributed by atoms with Crippen LogP contribution in [0.2, 0.25) is 0 Å². The molecular formula is C21H22N2OS. The molecule has 128 valence electrons. The fourth-order valence-electron chi connectivity index (χ4n) is 2.88. The number of nitrogens with one attached hydrogen (secondary N) is 1. The van der Waals surface area contributed by atoms with E-state index in [2.05, 4.69) is 42.3 Å². The first-order valence-electron chi connectivity index (χ1n) is 8.36. The summed E-state index contributed by atoms with van der Waals surface area (Å²) < 4.78 is 0. The zero-order valence-corrected chi connectivity index (χ0v) is 15.8. The number of aryl methyl sites for hydroxylation is 3. The molecule has 25 heavy (non-hydrogen) atoms. The third-order valence-corrected chi connectivity index (χ3v) is 5.48. The molecule has 3 aromatic rings. The van der Waals surface area contributed by atoms with Gasteiger partial charge in [-0.15, -0.1) is 11.3 Å². The maximum absolute atomic E-state index is 12.7. The molecular weight excluding hydrogens is 328 g/mol. The molecule has 0 aliphatic heterocycles. The Hall–Kier alpha value is -2.46. The number of carbonyl (C=O) groups excluding carboxylic acids is 1.